The molecule has 1 rings (SSSR count). The van der Waals surface area contributed by atoms with Crippen LogP contribution in [0.15, 0.2) is 29.2 Å². The number of aryl methyl sites for hydroxylation is 1. The summed E-state index contributed by atoms with van der Waals surface area (Å²) >= 11 is 0. The van der Waals surface area contributed by atoms with Crippen LogP contribution < -0.4 is 0 Å². The van der Waals surface area contributed by atoms with E-state index in [-0.39, 0.29) is 0 Å². The van der Waals surface area contributed by atoms with Crippen molar-refractivity contribution in [3.05, 3.63) is 29.8 Å². The first kappa shape index (κ1) is 39.6. The van der Waals surface area contributed by atoms with E-state index in [0.29, 0.717) is 4.90 Å². The molecule has 0 atom stereocenters. The van der Waals surface area contributed by atoms with E-state index in [1.54, 1.807) is 12.1 Å². The van der Waals surface area contributed by atoms with Gasteiger partial charge in [0.15, 0.2) is 0 Å². The first-order valence-corrected chi connectivity index (χ1v) is 22.6. The summed E-state index contributed by atoms with van der Waals surface area (Å²) in [6.45, 7) is 8.04. The van der Waals surface area contributed by atoms with Gasteiger partial charge in [0.05, 0.1) is 0 Å². The van der Waals surface area contributed by atoms with E-state index >= 15 is 0 Å². The van der Waals surface area contributed by atoms with Gasteiger partial charge in [0.2, 0.25) is 0 Å². The average Bonchev–Trinajstić information content (AvgIpc) is 2.98. The van der Waals surface area contributed by atoms with Crippen LogP contribution in [0.5, 0.6) is 0 Å². The van der Waals surface area contributed by atoms with Crippen molar-refractivity contribution in [2.75, 3.05) is 24.6 Å². The Morgan fingerprint density at radius 1 is 0.476 bits per heavy atom. The van der Waals surface area contributed by atoms with Gasteiger partial charge in [-0.1, -0.05) is 39.0 Å². The zero-order valence-corrected chi connectivity index (χ0v) is 30.5. The van der Waals surface area contributed by atoms with Crippen molar-refractivity contribution in [2.45, 2.75) is 181 Å². The molecule has 5 heteroatoms. The molecule has 0 aromatic heterocycles. The van der Waals surface area contributed by atoms with E-state index in [1.807, 2.05) is 19.1 Å². The summed E-state index contributed by atoms with van der Waals surface area (Å²) in [4.78, 5) is 0.332. The van der Waals surface area contributed by atoms with Crippen LogP contribution in [-0.2, 0) is 14.1 Å². The SMILES string of the molecule is CCCCCCCCCCCCCCCCCCP(CCCC)(CCCC)(CCCC)OS(=O)(=O)c1ccc(C)cc1. The third-order valence-electron chi connectivity index (χ3n) is 9.43. The van der Waals surface area contributed by atoms with Gasteiger partial charge in [-0.3, -0.25) is 0 Å². The Kier molecular flexibility index (Phi) is 21.7. The monoisotopic (exact) mass is 626 g/mol. The second-order valence-electron chi connectivity index (χ2n) is 13.5. The van der Waals surface area contributed by atoms with E-state index in [4.69, 9.17) is 3.97 Å². The van der Waals surface area contributed by atoms with Crippen LogP contribution in [-0.4, -0.2) is 33.1 Å². The number of benzene rings is 1. The molecule has 0 N–H and O–H groups in total. The molecule has 0 spiro atoms. The third kappa shape index (κ3) is 16.0. The molecule has 0 aliphatic heterocycles. The van der Waals surface area contributed by atoms with Crippen LogP contribution in [0.4, 0.5) is 0 Å². The Hall–Kier alpha value is -0.440. The minimum atomic E-state index is -3.80. The van der Waals surface area contributed by atoms with Gasteiger partial charge in [-0.25, -0.2) is 0 Å². The second-order valence-corrected chi connectivity index (χ2v) is 20.9. The van der Waals surface area contributed by atoms with Gasteiger partial charge in [0.25, 0.3) is 0 Å². The molecule has 0 aliphatic rings. The molecule has 0 aliphatic carbocycles. The van der Waals surface area contributed by atoms with Crippen molar-refractivity contribution >= 4 is 16.9 Å². The third-order valence-corrected chi connectivity index (χ3v) is 18.5. The van der Waals surface area contributed by atoms with Gasteiger partial charge in [0, 0.05) is 0 Å². The van der Waals surface area contributed by atoms with Gasteiger partial charge < -0.3 is 0 Å². The van der Waals surface area contributed by atoms with Crippen LogP contribution >= 0.6 is 6.83 Å². The van der Waals surface area contributed by atoms with E-state index in [9.17, 15) is 8.42 Å². The summed E-state index contributed by atoms with van der Waals surface area (Å²) in [6, 6.07) is 7.27. The maximum absolute atomic E-state index is 13.8. The van der Waals surface area contributed by atoms with E-state index in [1.165, 1.54) is 96.3 Å². The van der Waals surface area contributed by atoms with Crippen molar-refractivity contribution in [1.82, 2.24) is 0 Å². The molecule has 0 heterocycles. The molecule has 0 radical (unpaired) electrons. The fourth-order valence-electron chi connectivity index (χ4n) is 6.58. The van der Waals surface area contributed by atoms with E-state index < -0.39 is 16.9 Å². The van der Waals surface area contributed by atoms with Crippen molar-refractivity contribution in [3.8, 4) is 0 Å². The molecule has 0 bridgehead atoms. The molecule has 42 heavy (non-hydrogen) atoms. The average molecular weight is 627 g/mol. The number of rotatable bonds is 29. The standard InChI is InChI=1S/C37H71O3PS/c1-6-10-14-15-16-17-18-19-20-21-22-23-24-25-26-27-35-41(32-11-7-2,33-12-8-3,34-13-9-4)40-42(38,39)37-30-28-36(5)29-31-37/h28-31H,6-27,32-35H2,1-5H3. The Bertz CT molecular complexity index is 856. The molecular weight excluding hydrogens is 555 g/mol. The van der Waals surface area contributed by atoms with Gasteiger partial charge in [-0.2, -0.15) is 0 Å². The predicted molar refractivity (Wildman–Crippen MR) is 190 cm³/mol. The molecule has 0 unspecified atom stereocenters. The predicted octanol–water partition coefficient (Wildman–Crippen LogP) is 12.8. The topological polar surface area (TPSA) is 43.4 Å². The number of hydrogen-bond acceptors (Lipinski definition) is 3. The molecule has 0 saturated heterocycles. The first-order valence-electron chi connectivity index (χ1n) is 18.3. The second kappa shape index (κ2) is 23.0. The first-order chi connectivity index (χ1) is 20.3. The normalized spacial score (nSPS) is 13.3. The molecular formula is C37H71O3PS. The summed E-state index contributed by atoms with van der Waals surface area (Å²) in [7, 11) is -3.80. The minimum absolute atomic E-state index is 0.332. The van der Waals surface area contributed by atoms with Gasteiger partial charge >= 0.3 is 226 Å². The Labute approximate surface area is 263 Å². The quantitative estimate of drug-likeness (QED) is 0.0656. The van der Waals surface area contributed by atoms with Crippen molar-refractivity contribution in [2.24, 2.45) is 0 Å². The Morgan fingerprint density at radius 3 is 1.14 bits per heavy atom. The van der Waals surface area contributed by atoms with Crippen molar-refractivity contribution < 1.29 is 12.4 Å². The molecule has 248 valence electrons. The molecule has 1 aromatic rings. The Balaban J connectivity index is 2.68. The van der Waals surface area contributed by atoms with Gasteiger partial charge in [-0.05, 0) is 0 Å². The molecule has 0 fully saturated rings. The summed E-state index contributed by atoms with van der Waals surface area (Å²) in [5.74, 6) is 0. The molecule has 1 aromatic carbocycles. The Morgan fingerprint density at radius 2 is 0.786 bits per heavy atom. The summed E-state index contributed by atoms with van der Waals surface area (Å²) in [6.07, 6.45) is 32.0. The fraction of sp³-hybridized carbons (Fsp3) is 0.838. The summed E-state index contributed by atoms with van der Waals surface area (Å²) in [5, 5.41) is 0. The van der Waals surface area contributed by atoms with Crippen LogP contribution in [0.2, 0.25) is 0 Å². The molecule has 3 nitrogen and oxygen atoms in total. The van der Waals surface area contributed by atoms with Crippen molar-refractivity contribution in [1.29, 1.82) is 0 Å². The van der Waals surface area contributed by atoms with Crippen LogP contribution in [0.25, 0.3) is 0 Å². The number of hydrogen-bond donors (Lipinski definition) is 0. The fourth-order valence-corrected chi connectivity index (χ4v) is 16.5. The summed E-state index contributed by atoms with van der Waals surface area (Å²) in [5.41, 5.74) is 1.07. The zero-order chi connectivity index (χ0) is 31.0. The van der Waals surface area contributed by atoms with E-state index in [0.717, 1.165) is 75.2 Å². The van der Waals surface area contributed by atoms with Crippen molar-refractivity contribution in [3.63, 3.8) is 0 Å². The maximum atomic E-state index is 13.8. The van der Waals surface area contributed by atoms with Gasteiger partial charge in [0.1, 0.15) is 0 Å². The van der Waals surface area contributed by atoms with Gasteiger partial charge in [-0.15, -0.1) is 0 Å². The zero-order valence-electron chi connectivity index (χ0n) is 28.8. The number of unbranched alkanes of at least 4 members (excludes halogenated alkanes) is 18. The molecule has 0 amide bonds. The van der Waals surface area contributed by atoms with E-state index in [2.05, 4.69) is 27.7 Å². The van der Waals surface area contributed by atoms with Crippen LogP contribution in [0, 0.1) is 6.92 Å². The summed E-state index contributed by atoms with van der Waals surface area (Å²) < 4.78 is 34.4. The van der Waals surface area contributed by atoms with Crippen LogP contribution in [0.3, 0.4) is 0 Å². The molecule has 0 saturated carbocycles. The van der Waals surface area contributed by atoms with Crippen LogP contribution in [0.1, 0.15) is 175 Å².